The molecule has 0 aliphatic carbocycles. The van der Waals surface area contributed by atoms with E-state index in [-0.39, 0.29) is 31.3 Å². The standard InChI is InChI=1S/C33H32FN3O3/c1-2-3-19-35-32(39)29(20-23-11-5-4-6-12-23)36(21-25-13-7-8-17-27(25)34)30(38)22-37-28-18-10-15-24-14-9-16-26(31(24)28)33(37)40/h4-18,29H,2-3,19-22H2,1H3,(H,35,39)/t29-/m0/s1. The fourth-order valence-corrected chi connectivity index (χ4v) is 5.23. The average Bonchev–Trinajstić information content (AvgIpc) is 3.24. The highest BCUT2D eigenvalue weighted by atomic mass is 19.1. The second-order valence-corrected chi connectivity index (χ2v) is 10.0. The first-order valence-electron chi connectivity index (χ1n) is 13.7. The maximum absolute atomic E-state index is 14.8. The van der Waals surface area contributed by atoms with Crippen molar-refractivity contribution in [3.8, 4) is 0 Å². The first kappa shape index (κ1) is 27.1. The highest BCUT2D eigenvalue weighted by Crippen LogP contribution is 2.37. The molecule has 5 rings (SSSR count). The molecule has 0 radical (unpaired) electrons. The Hall–Kier alpha value is -4.52. The predicted octanol–water partition coefficient (Wildman–Crippen LogP) is 5.50. The van der Waals surface area contributed by atoms with Gasteiger partial charge in [0.05, 0.1) is 5.69 Å². The van der Waals surface area contributed by atoms with Crippen molar-refractivity contribution >= 4 is 34.2 Å². The van der Waals surface area contributed by atoms with Crippen molar-refractivity contribution in [1.29, 1.82) is 0 Å². The van der Waals surface area contributed by atoms with Gasteiger partial charge in [-0.15, -0.1) is 0 Å². The van der Waals surface area contributed by atoms with Crippen molar-refractivity contribution in [3.63, 3.8) is 0 Å². The van der Waals surface area contributed by atoms with Gasteiger partial charge in [0, 0.05) is 36.0 Å². The molecule has 0 aromatic heterocycles. The van der Waals surface area contributed by atoms with Crippen LogP contribution >= 0.6 is 0 Å². The van der Waals surface area contributed by atoms with Crippen LogP contribution in [0.15, 0.2) is 91.0 Å². The monoisotopic (exact) mass is 537 g/mol. The van der Waals surface area contributed by atoms with Gasteiger partial charge >= 0.3 is 0 Å². The van der Waals surface area contributed by atoms with Crippen LogP contribution < -0.4 is 10.2 Å². The van der Waals surface area contributed by atoms with E-state index >= 15 is 0 Å². The van der Waals surface area contributed by atoms with Crippen LogP contribution in [0.4, 0.5) is 10.1 Å². The van der Waals surface area contributed by atoms with Gasteiger partial charge in [0.1, 0.15) is 18.4 Å². The van der Waals surface area contributed by atoms with Gasteiger partial charge < -0.3 is 10.2 Å². The van der Waals surface area contributed by atoms with E-state index in [2.05, 4.69) is 5.32 Å². The molecule has 1 aliphatic rings. The van der Waals surface area contributed by atoms with Crippen LogP contribution in [0.25, 0.3) is 10.8 Å². The third-order valence-electron chi connectivity index (χ3n) is 7.34. The maximum atomic E-state index is 14.8. The van der Waals surface area contributed by atoms with Crippen LogP contribution in [0.1, 0.15) is 41.3 Å². The number of nitrogens with one attached hydrogen (secondary N) is 1. The molecule has 3 amide bonds. The Bertz CT molecular complexity index is 1530. The van der Waals surface area contributed by atoms with Gasteiger partial charge in [0.25, 0.3) is 5.91 Å². The lowest BCUT2D eigenvalue weighted by Gasteiger charge is -2.33. The summed E-state index contributed by atoms with van der Waals surface area (Å²) in [5.74, 6) is -1.47. The predicted molar refractivity (Wildman–Crippen MR) is 154 cm³/mol. The van der Waals surface area contributed by atoms with Gasteiger partial charge in [-0.25, -0.2) is 4.39 Å². The Balaban J connectivity index is 1.50. The molecule has 4 aromatic carbocycles. The molecule has 1 N–H and O–H groups in total. The van der Waals surface area contributed by atoms with Crippen LogP contribution in [0, 0.1) is 5.82 Å². The molecule has 0 bridgehead atoms. The van der Waals surface area contributed by atoms with Gasteiger partial charge in [-0.1, -0.05) is 86.1 Å². The van der Waals surface area contributed by atoms with Crippen molar-refractivity contribution in [2.24, 2.45) is 0 Å². The van der Waals surface area contributed by atoms with Crippen LogP contribution in [-0.4, -0.2) is 41.8 Å². The number of rotatable bonds is 11. The molecule has 0 saturated heterocycles. The first-order valence-corrected chi connectivity index (χ1v) is 13.7. The van der Waals surface area contributed by atoms with Crippen molar-refractivity contribution in [1.82, 2.24) is 10.2 Å². The van der Waals surface area contributed by atoms with E-state index in [1.165, 1.54) is 15.9 Å². The molecule has 0 unspecified atom stereocenters. The minimum Gasteiger partial charge on any atom is -0.354 e. The Kier molecular flexibility index (Phi) is 8.20. The van der Waals surface area contributed by atoms with Crippen molar-refractivity contribution in [3.05, 3.63) is 114 Å². The summed E-state index contributed by atoms with van der Waals surface area (Å²) in [6.45, 7) is 2.13. The zero-order valence-electron chi connectivity index (χ0n) is 22.5. The van der Waals surface area contributed by atoms with E-state index in [9.17, 15) is 18.8 Å². The van der Waals surface area contributed by atoms with E-state index in [0.717, 1.165) is 29.2 Å². The largest absolute Gasteiger partial charge is 0.354 e. The van der Waals surface area contributed by atoms with Crippen LogP contribution in [0.5, 0.6) is 0 Å². The third-order valence-corrected chi connectivity index (χ3v) is 7.34. The van der Waals surface area contributed by atoms with Crippen LogP contribution in [0.3, 0.4) is 0 Å². The Labute approximate surface area is 233 Å². The molecule has 0 fully saturated rings. The van der Waals surface area contributed by atoms with Gasteiger partial charge in [-0.3, -0.25) is 19.3 Å². The second-order valence-electron chi connectivity index (χ2n) is 10.0. The molecular formula is C33H32FN3O3. The lowest BCUT2D eigenvalue weighted by molar-refractivity contribution is -0.140. The van der Waals surface area contributed by atoms with Gasteiger partial charge in [0.2, 0.25) is 11.8 Å². The third kappa shape index (κ3) is 5.59. The number of anilines is 1. The smallest absolute Gasteiger partial charge is 0.259 e. The minimum absolute atomic E-state index is 0.108. The normalized spacial score (nSPS) is 12.9. The SMILES string of the molecule is CCCCNC(=O)[C@H](Cc1ccccc1)N(Cc1ccccc1F)C(=O)CN1C(=O)c2cccc3cccc1c23. The summed E-state index contributed by atoms with van der Waals surface area (Å²) in [6, 6.07) is 25.9. The number of hydrogen-bond donors (Lipinski definition) is 1. The van der Waals surface area contributed by atoms with Crippen molar-refractivity contribution in [2.45, 2.75) is 38.8 Å². The lowest BCUT2D eigenvalue weighted by atomic mass is 10.0. The molecule has 40 heavy (non-hydrogen) atoms. The minimum atomic E-state index is -0.901. The molecule has 0 saturated carbocycles. The molecule has 4 aromatic rings. The molecule has 1 aliphatic heterocycles. The number of nitrogens with zero attached hydrogens (tertiary/aromatic N) is 2. The molecule has 1 atom stereocenters. The zero-order chi connectivity index (χ0) is 28.1. The number of unbranched alkanes of at least 4 members (excludes halogenated alkanes) is 1. The average molecular weight is 538 g/mol. The van der Waals surface area contributed by atoms with E-state index in [4.69, 9.17) is 0 Å². The number of halogens is 1. The number of hydrogen-bond acceptors (Lipinski definition) is 3. The molecule has 204 valence electrons. The highest BCUT2D eigenvalue weighted by Gasteiger charge is 2.36. The van der Waals surface area contributed by atoms with E-state index in [0.29, 0.717) is 23.4 Å². The fraction of sp³-hybridized carbons (Fsp3) is 0.242. The molecular weight excluding hydrogens is 505 g/mol. The molecule has 1 heterocycles. The second kappa shape index (κ2) is 12.1. The van der Waals surface area contributed by atoms with Gasteiger partial charge in [0.15, 0.2) is 0 Å². The summed E-state index contributed by atoms with van der Waals surface area (Å²) < 4.78 is 14.8. The van der Waals surface area contributed by atoms with Gasteiger partial charge in [-0.2, -0.15) is 0 Å². The first-order chi connectivity index (χ1) is 19.5. The summed E-state index contributed by atoms with van der Waals surface area (Å²) in [5, 5.41) is 4.69. The number of benzene rings is 4. The van der Waals surface area contributed by atoms with E-state index < -0.39 is 17.8 Å². The van der Waals surface area contributed by atoms with E-state index in [1.54, 1.807) is 24.3 Å². The Morgan fingerprint density at radius 3 is 2.40 bits per heavy atom. The lowest BCUT2D eigenvalue weighted by Crippen LogP contribution is -2.53. The number of carbonyl (C=O) groups is 3. The quantitative estimate of drug-likeness (QED) is 0.257. The summed E-state index contributed by atoms with van der Waals surface area (Å²) in [4.78, 5) is 44.0. The van der Waals surface area contributed by atoms with Crippen LogP contribution in [0.2, 0.25) is 0 Å². The summed E-state index contributed by atoms with van der Waals surface area (Å²) in [6.07, 6.45) is 1.96. The molecule has 6 nitrogen and oxygen atoms in total. The Morgan fingerprint density at radius 1 is 0.925 bits per heavy atom. The number of carbonyl (C=O) groups excluding carboxylic acids is 3. The van der Waals surface area contributed by atoms with Crippen LogP contribution in [-0.2, 0) is 22.6 Å². The fourth-order valence-electron chi connectivity index (χ4n) is 5.23. The molecule has 7 heteroatoms. The summed E-state index contributed by atoms with van der Waals surface area (Å²) in [7, 11) is 0. The molecule has 0 spiro atoms. The summed E-state index contributed by atoms with van der Waals surface area (Å²) in [5.41, 5.74) is 2.37. The van der Waals surface area contributed by atoms with Gasteiger partial charge in [-0.05, 0) is 35.6 Å². The number of amides is 3. The highest BCUT2D eigenvalue weighted by molar-refractivity contribution is 6.26. The summed E-state index contributed by atoms with van der Waals surface area (Å²) >= 11 is 0. The van der Waals surface area contributed by atoms with Crippen molar-refractivity contribution < 1.29 is 18.8 Å². The topological polar surface area (TPSA) is 69.7 Å². The maximum Gasteiger partial charge on any atom is 0.259 e. The Morgan fingerprint density at radius 2 is 1.65 bits per heavy atom. The zero-order valence-corrected chi connectivity index (χ0v) is 22.5. The van der Waals surface area contributed by atoms with E-state index in [1.807, 2.05) is 67.6 Å². The van der Waals surface area contributed by atoms with Crippen molar-refractivity contribution in [2.75, 3.05) is 18.0 Å².